The molecule has 2 fully saturated rings. The van der Waals surface area contributed by atoms with Crippen LogP contribution in [0.4, 0.5) is 0 Å². The van der Waals surface area contributed by atoms with Crippen LogP contribution >= 0.6 is 22.6 Å². The molecule has 0 aromatic rings. The number of rotatable bonds is 2. The van der Waals surface area contributed by atoms with Crippen molar-refractivity contribution in [3.63, 3.8) is 0 Å². The summed E-state index contributed by atoms with van der Waals surface area (Å²) in [5, 5.41) is 0. The van der Waals surface area contributed by atoms with Gasteiger partial charge < -0.3 is 9.47 Å². The van der Waals surface area contributed by atoms with Crippen molar-refractivity contribution in [2.75, 3.05) is 17.6 Å². The van der Waals surface area contributed by atoms with Crippen molar-refractivity contribution >= 4 is 22.6 Å². The highest BCUT2D eigenvalue weighted by Gasteiger charge is 2.32. The number of ether oxygens (including phenoxy) is 2. The van der Waals surface area contributed by atoms with Crippen molar-refractivity contribution in [2.45, 2.75) is 31.5 Å². The third kappa shape index (κ3) is 1.93. The average molecular weight is 282 g/mol. The van der Waals surface area contributed by atoms with Crippen LogP contribution in [-0.4, -0.2) is 29.8 Å². The highest BCUT2D eigenvalue weighted by atomic mass is 127. The number of hydrogen-bond donors (Lipinski definition) is 0. The van der Waals surface area contributed by atoms with Gasteiger partial charge in [-0.2, -0.15) is 0 Å². The van der Waals surface area contributed by atoms with E-state index in [0.29, 0.717) is 18.1 Å². The summed E-state index contributed by atoms with van der Waals surface area (Å²) in [7, 11) is 0. The molecule has 12 heavy (non-hydrogen) atoms. The zero-order valence-electron chi connectivity index (χ0n) is 7.17. The smallest absolute Gasteiger partial charge is 0.0669 e. The van der Waals surface area contributed by atoms with Gasteiger partial charge in [-0.3, -0.25) is 0 Å². The van der Waals surface area contributed by atoms with E-state index in [1.165, 1.54) is 19.3 Å². The van der Waals surface area contributed by atoms with E-state index < -0.39 is 0 Å². The van der Waals surface area contributed by atoms with E-state index in [1.807, 2.05) is 0 Å². The summed E-state index contributed by atoms with van der Waals surface area (Å²) in [6, 6.07) is 0. The van der Waals surface area contributed by atoms with Gasteiger partial charge in [-0.15, -0.1) is 0 Å². The first-order valence-electron chi connectivity index (χ1n) is 4.69. The summed E-state index contributed by atoms with van der Waals surface area (Å²) in [5.74, 6) is 0.693. The summed E-state index contributed by atoms with van der Waals surface area (Å²) in [6.07, 6.45) is 4.74. The first-order valence-corrected chi connectivity index (χ1v) is 6.22. The van der Waals surface area contributed by atoms with Crippen LogP contribution in [0.25, 0.3) is 0 Å². The molecule has 0 spiro atoms. The van der Waals surface area contributed by atoms with Gasteiger partial charge >= 0.3 is 0 Å². The molecule has 2 nitrogen and oxygen atoms in total. The molecule has 0 saturated carbocycles. The Bertz CT molecular complexity index is 145. The van der Waals surface area contributed by atoms with E-state index in [4.69, 9.17) is 9.47 Å². The van der Waals surface area contributed by atoms with E-state index in [2.05, 4.69) is 22.6 Å². The summed E-state index contributed by atoms with van der Waals surface area (Å²) in [4.78, 5) is 0. The van der Waals surface area contributed by atoms with Gasteiger partial charge in [-0.1, -0.05) is 22.6 Å². The van der Waals surface area contributed by atoms with Crippen molar-refractivity contribution in [3.05, 3.63) is 0 Å². The van der Waals surface area contributed by atoms with Crippen LogP contribution < -0.4 is 0 Å². The normalized spacial score (nSPS) is 42.2. The van der Waals surface area contributed by atoms with Crippen molar-refractivity contribution in [1.82, 2.24) is 0 Å². The molecule has 3 unspecified atom stereocenters. The molecule has 0 N–H and O–H groups in total. The number of alkyl halides is 1. The summed E-state index contributed by atoms with van der Waals surface area (Å²) in [6.45, 7) is 1.87. The van der Waals surface area contributed by atoms with Crippen LogP contribution in [0.3, 0.4) is 0 Å². The Balaban J connectivity index is 1.81. The van der Waals surface area contributed by atoms with E-state index in [-0.39, 0.29) is 0 Å². The molecule has 2 aliphatic rings. The molecule has 2 rings (SSSR count). The molecular weight excluding hydrogens is 267 g/mol. The molecule has 3 atom stereocenters. The SMILES string of the molecule is ICC1CCC(C2CCOC2)O1. The van der Waals surface area contributed by atoms with Gasteiger partial charge in [0.15, 0.2) is 0 Å². The third-order valence-electron chi connectivity index (χ3n) is 2.80. The molecule has 70 valence electrons. The molecule has 0 bridgehead atoms. The lowest BCUT2D eigenvalue weighted by atomic mass is 9.99. The molecule has 0 amide bonds. The molecule has 2 aliphatic heterocycles. The molecule has 2 heterocycles. The first kappa shape index (κ1) is 9.21. The standard InChI is InChI=1S/C9H15IO2/c10-5-8-1-2-9(12-8)7-3-4-11-6-7/h7-9H,1-6H2. The van der Waals surface area contributed by atoms with Crippen LogP contribution in [0.15, 0.2) is 0 Å². The van der Waals surface area contributed by atoms with Crippen molar-refractivity contribution in [3.8, 4) is 0 Å². The predicted octanol–water partition coefficient (Wildman–Crippen LogP) is 2.01. The molecule has 0 aromatic carbocycles. The fraction of sp³-hybridized carbons (Fsp3) is 1.00. The quantitative estimate of drug-likeness (QED) is 0.570. The zero-order chi connectivity index (χ0) is 8.39. The van der Waals surface area contributed by atoms with Gasteiger partial charge in [0.05, 0.1) is 18.8 Å². The van der Waals surface area contributed by atoms with Gasteiger partial charge in [-0.05, 0) is 19.3 Å². The van der Waals surface area contributed by atoms with E-state index in [0.717, 1.165) is 17.6 Å². The van der Waals surface area contributed by atoms with Gasteiger partial charge in [0.25, 0.3) is 0 Å². The van der Waals surface area contributed by atoms with E-state index in [9.17, 15) is 0 Å². The third-order valence-corrected chi connectivity index (χ3v) is 3.79. The summed E-state index contributed by atoms with van der Waals surface area (Å²) >= 11 is 2.41. The van der Waals surface area contributed by atoms with Crippen LogP contribution in [0, 0.1) is 5.92 Å². The minimum Gasteiger partial charge on any atom is -0.381 e. The molecule has 0 aliphatic carbocycles. The van der Waals surface area contributed by atoms with Gasteiger partial charge in [-0.25, -0.2) is 0 Å². The van der Waals surface area contributed by atoms with Crippen molar-refractivity contribution in [1.29, 1.82) is 0 Å². The lowest BCUT2D eigenvalue weighted by molar-refractivity contribution is 0.0190. The fourth-order valence-electron chi connectivity index (χ4n) is 2.04. The number of hydrogen-bond acceptors (Lipinski definition) is 2. The summed E-state index contributed by atoms with van der Waals surface area (Å²) < 4.78 is 12.4. The lowest BCUT2D eigenvalue weighted by Gasteiger charge is -2.17. The van der Waals surface area contributed by atoms with Gasteiger partial charge in [0, 0.05) is 17.0 Å². The Hall–Kier alpha value is 0.650. The van der Waals surface area contributed by atoms with Crippen molar-refractivity contribution < 1.29 is 9.47 Å². The first-order chi connectivity index (χ1) is 5.90. The van der Waals surface area contributed by atoms with E-state index >= 15 is 0 Å². The van der Waals surface area contributed by atoms with Gasteiger partial charge in [0.2, 0.25) is 0 Å². The molecule has 0 aromatic heterocycles. The van der Waals surface area contributed by atoms with Crippen LogP contribution in [0.1, 0.15) is 19.3 Å². The predicted molar refractivity (Wildman–Crippen MR) is 55.7 cm³/mol. The van der Waals surface area contributed by atoms with Crippen LogP contribution in [-0.2, 0) is 9.47 Å². The second-order valence-corrected chi connectivity index (χ2v) is 4.53. The molecule has 3 heteroatoms. The average Bonchev–Trinajstić information content (AvgIpc) is 2.75. The Morgan fingerprint density at radius 3 is 2.75 bits per heavy atom. The lowest BCUT2D eigenvalue weighted by Crippen LogP contribution is -2.21. The maximum atomic E-state index is 5.91. The van der Waals surface area contributed by atoms with Crippen LogP contribution in [0.5, 0.6) is 0 Å². The van der Waals surface area contributed by atoms with Crippen molar-refractivity contribution in [2.24, 2.45) is 5.92 Å². The highest BCUT2D eigenvalue weighted by Crippen LogP contribution is 2.30. The highest BCUT2D eigenvalue weighted by molar-refractivity contribution is 14.1. The fourth-order valence-corrected chi connectivity index (χ4v) is 2.69. The second kappa shape index (κ2) is 4.24. The Morgan fingerprint density at radius 1 is 1.25 bits per heavy atom. The Morgan fingerprint density at radius 2 is 2.17 bits per heavy atom. The zero-order valence-corrected chi connectivity index (χ0v) is 9.33. The Labute approximate surface area is 87.1 Å². The largest absolute Gasteiger partial charge is 0.381 e. The number of halogens is 1. The van der Waals surface area contributed by atoms with E-state index in [1.54, 1.807) is 0 Å². The molecule has 2 saturated heterocycles. The summed E-state index contributed by atoms with van der Waals surface area (Å²) in [5.41, 5.74) is 0. The second-order valence-electron chi connectivity index (χ2n) is 3.65. The maximum Gasteiger partial charge on any atom is 0.0669 e. The molecule has 0 radical (unpaired) electrons. The van der Waals surface area contributed by atoms with Gasteiger partial charge in [0.1, 0.15) is 0 Å². The topological polar surface area (TPSA) is 18.5 Å². The monoisotopic (exact) mass is 282 g/mol. The minimum atomic E-state index is 0.507. The maximum absolute atomic E-state index is 5.91. The minimum absolute atomic E-state index is 0.507. The molecular formula is C9H15IO2. The van der Waals surface area contributed by atoms with Crippen LogP contribution in [0.2, 0.25) is 0 Å². The Kier molecular flexibility index (Phi) is 3.26.